The highest BCUT2D eigenvalue weighted by atomic mass is 35.5. The summed E-state index contributed by atoms with van der Waals surface area (Å²) in [6.07, 6.45) is 1.59. The molecule has 18 heavy (non-hydrogen) atoms. The number of nitrogens with two attached hydrogens (primary N) is 1. The minimum absolute atomic E-state index is 0.330. The molecule has 0 radical (unpaired) electrons. The number of halogens is 1. The second-order valence-corrected chi connectivity index (χ2v) is 4.33. The van der Waals surface area contributed by atoms with Crippen molar-refractivity contribution < 1.29 is 8.83 Å². The highest BCUT2D eigenvalue weighted by Gasteiger charge is 2.20. The minimum atomic E-state index is -0.330. The molecule has 0 aliphatic heterocycles. The van der Waals surface area contributed by atoms with Gasteiger partial charge in [-0.15, -0.1) is 0 Å². The lowest BCUT2D eigenvalue weighted by Crippen LogP contribution is -2.28. The molecule has 1 unspecified atom stereocenters. The number of para-hydroxylation sites is 1. The van der Waals surface area contributed by atoms with Gasteiger partial charge in [0.05, 0.1) is 11.3 Å². The quantitative estimate of drug-likeness (QED) is 0.562. The summed E-state index contributed by atoms with van der Waals surface area (Å²) in [5, 5.41) is 1.51. The van der Waals surface area contributed by atoms with Crippen LogP contribution in [0.3, 0.4) is 0 Å². The number of fused-ring (bicyclic) bond motifs is 1. The van der Waals surface area contributed by atoms with Gasteiger partial charge in [0.25, 0.3) is 0 Å². The van der Waals surface area contributed by atoms with E-state index in [4.69, 9.17) is 26.3 Å². The normalized spacial score (nSPS) is 13.0. The second-order valence-electron chi connectivity index (χ2n) is 3.92. The molecule has 0 bridgehead atoms. The summed E-state index contributed by atoms with van der Waals surface area (Å²) >= 11 is 6.07. The lowest BCUT2D eigenvalue weighted by Gasteiger charge is -2.09. The van der Waals surface area contributed by atoms with Crippen LogP contribution in [0.5, 0.6) is 0 Å². The summed E-state index contributed by atoms with van der Waals surface area (Å²) in [7, 11) is 0. The first-order valence-corrected chi connectivity index (χ1v) is 5.85. The van der Waals surface area contributed by atoms with Crippen molar-refractivity contribution in [1.29, 1.82) is 0 Å². The van der Waals surface area contributed by atoms with Crippen LogP contribution in [0, 0.1) is 0 Å². The zero-order valence-electron chi connectivity index (χ0n) is 9.39. The topological polar surface area (TPSA) is 64.3 Å². The van der Waals surface area contributed by atoms with Crippen molar-refractivity contribution in [3.05, 3.63) is 59.2 Å². The Morgan fingerprint density at radius 3 is 2.72 bits per heavy atom. The van der Waals surface area contributed by atoms with Crippen LogP contribution in [0.25, 0.3) is 11.0 Å². The van der Waals surface area contributed by atoms with Gasteiger partial charge in [-0.3, -0.25) is 5.84 Å². The molecule has 0 fully saturated rings. The molecular formula is C13H11ClN2O2. The molecule has 3 rings (SSSR count). The zero-order valence-corrected chi connectivity index (χ0v) is 10.1. The fourth-order valence-corrected chi connectivity index (χ4v) is 2.17. The third kappa shape index (κ3) is 1.80. The van der Waals surface area contributed by atoms with Crippen LogP contribution in [-0.4, -0.2) is 0 Å². The zero-order chi connectivity index (χ0) is 12.5. The van der Waals surface area contributed by atoms with E-state index in [-0.39, 0.29) is 6.04 Å². The highest BCUT2D eigenvalue weighted by molar-refractivity contribution is 6.34. The SMILES string of the molecule is NNC(c1ccco1)c1cc2cccc(Cl)c2o1. The van der Waals surface area contributed by atoms with Crippen molar-refractivity contribution >= 4 is 22.6 Å². The van der Waals surface area contributed by atoms with Crippen LogP contribution >= 0.6 is 11.6 Å². The molecule has 0 saturated heterocycles. The average Bonchev–Trinajstić information content (AvgIpc) is 3.00. The van der Waals surface area contributed by atoms with Gasteiger partial charge in [-0.2, -0.15) is 0 Å². The molecule has 0 aliphatic carbocycles. The van der Waals surface area contributed by atoms with E-state index in [1.54, 1.807) is 18.4 Å². The van der Waals surface area contributed by atoms with Gasteiger partial charge in [0.2, 0.25) is 0 Å². The summed E-state index contributed by atoms with van der Waals surface area (Å²) in [5.41, 5.74) is 3.32. The molecule has 2 heterocycles. The van der Waals surface area contributed by atoms with Gasteiger partial charge in [0.15, 0.2) is 5.58 Å². The molecule has 0 saturated carbocycles. The Labute approximate surface area is 108 Å². The average molecular weight is 263 g/mol. The molecule has 0 aliphatic rings. The van der Waals surface area contributed by atoms with Crippen molar-refractivity contribution in [3.8, 4) is 0 Å². The first kappa shape index (κ1) is 11.3. The van der Waals surface area contributed by atoms with E-state index in [1.807, 2.05) is 24.3 Å². The van der Waals surface area contributed by atoms with Crippen molar-refractivity contribution in [1.82, 2.24) is 5.43 Å². The predicted molar refractivity (Wildman–Crippen MR) is 69.1 cm³/mol. The Hall–Kier alpha value is -1.75. The van der Waals surface area contributed by atoms with Crippen molar-refractivity contribution in [2.75, 3.05) is 0 Å². The van der Waals surface area contributed by atoms with E-state index >= 15 is 0 Å². The summed E-state index contributed by atoms with van der Waals surface area (Å²) in [4.78, 5) is 0. The molecular weight excluding hydrogens is 252 g/mol. The number of hydrogen-bond donors (Lipinski definition) is 2. The van der Waals surface area contributed by atoms with Gasteiger partial charge in [0, 0.05) is 5.39 Å². The van der Waals surface area contributed by atoms with Crippen molar-refractivity contribution in [3.63, 3.8) is 0 Å². The second kappa shape index (κ2) is 4.49. The molecule has 92 valence electrons. The summed E-state index contributed by atoms with van der Waals surface area (Å²) in [6.45, 7) is 0. The molecule has 3 aromatic rings. The van der Waals surface area contributed by atoms with E-state index in [1.165, 1.54) is 0 Å². The molecule has 5 heteroatoms. The predicted octanol–water partition coefficient (Wildman–Crippen LogP) is 3.23. The van der Waals surface area contributed by atoms with Crippen LogP contribution < -0.4 is 11.3 Å². The third-order valence-electron chi connectivity index (χ3n) is 2.79. The largest absolute Gasteiger partial charge is 0.467 e. The molecule has 1 aromatic carbocycles. The number of rotatable bonds is 3. The lowest BCUT2D eigenvalue weighted by molar-refractivity contribution is 0.403. The maximum atomic E-state index is 6.07. The van der Waals surface area contributed by atoms with Crippen LogP contribution in [-0.2, 0) is 0 Å². The van der Waals surface area contributed by atoms with Gasteiger partial charge in [0.1, 0.15) is 17.6 Å². The first-order chi connectivity index (χ1) is 8.79. The third-order valence-corrected chi connectivity index (χ3v) is 3.09. The molecule has 2 aromatic heterocycles. The minimum Gasteiger partial charge on any atom is -0.467 e. The van der Waals surface area contributed by atoms with Gasteiger partial charge < -0.3 is 8.83 Å². The number of hydrazine groups is 1. The highest BCUT2D eigenvalue weighted by Crippen LogP contribution is 2.31. The van der Waals surface area contributed by atoms with E-state index in [9.17, 15) is 0 Å². The fourth-order valence-electron chi connectivity index (χ4n) is 1.95. The monoisotopic (exact) mass is 262 g/mol. The Bertz CT molecular complexity index is 661. The van der Waals surface area contributed by atoms with Crippen LogP contribution in [0.2, 0.25) is 5.02 Å². The van der Waals surface area contributed by atoms with Crippen molar-refractivity contribution in [2.45, 2.75) is 6.04 Å². The standard InChI is InChI=1S/C13H11ClN2O2/c14-9-4-1-3-8-7-11(18-13(8)9)12(16-15)10-5-2-6-17-10/h1-7,12,16H,15H2. The Morgan fingerprint density at radius 2 is 2.06 bits per heavy atom. The van der Waals surface area contributed by atoms with Crippen LogP contribution in [0.1, 0.15) is 17.6 Å². The molecule has 0 spiro atoms. The smallest absolute Gasteiger partial charge is 0.152 e. The van der Waals surface area contributed by atoms with E-state index in [0.29, 0.717) is 22.1 Å². The molecule has 3 N–H and O–H groups in total. The number of hydrogen-bond acceptors (Lipinski definition) is 4. The summed E-state index contributed by atoms with van der Waals surface area (Å²) in [5.74, 6) is 6.90. The first-order valence-electron chi connectivity index (χ1n) is 5.47. The number of furan rings is 2. The van der Waals surface area contributed by atoms with Crippen LogP contribution in [0.4, 0.5) is 0 Å². The number of benzene rings is 1. The molecule has 4 nitrogen and oxygen atoms in total. The molecule has 0 amide bonds. The fraction of sp³-hybridized carbons (Fsp3) is 0.0769. The maximum Gasteiger partial charge on any atom is 0.152 e. The number of nitrogens with one attached hydrogen (secondary N) is 1. The van der Waals surface area contributed by atoms with E-state index in [2.05, 4.69) is 5.43 Å². The van der Waals surface area contributed by atoms with Gasteiger partial charge in [-0.1, -0.05) is 23.7 Å². The van der Waals surface area contributed by atoms with Crippen LogP contribution in [0.15, 0.2) is 51.5 Å². The Kier molecular flexibility index (Phi) is 2.83. The van der Waals surface area contributed by atoms with Gasteiger partial charge >= 0.3 is 0 Å². The summed E-state index contributed by atoms with van der Waals surface area (Å²) < 4.78 is 11.1. The Morgan fingerprint density at radius 1 is 1.17 bits per heavy atom. The lowest BCUT2D eigenvalue weighted by atomic mass is 10.1. The van der Waals surface area contributed by atoms with E-state index in [0.717, 1.165) is 5.39 Å². The maximum absolute atomic E-state index is 6.07. The van der Waals surface area contributed by atoms with Gasteiger partial charge in [-0.25, -0.2) is 5.43 Å². The van der Waals surface area contributed by atoms with Gasteiger partial charge in [-0.05, 0) is 24.3 Å². The van der Waals surface area contributed by atoms with E-state index < -0.39 is 0 Å². The van der Waals surface area contributed by atoms with Crippen molar-refractivity contribution in [2.24, 2.45) is 5.84 Å². The molecule has 1 atom stereocenters. The Balaban J connectivity index is 2.11. The summed E-state index contributed by atoms with van der Waals surface area (Å²) in [6, 6.07) is 10.8.